The van der Waals surface area contributed by atoms with E-state index in [0.29, 0.717) is 5.92 Å². The molecule has 17 heavy (non-hydrogen) atoms. The average molecular weight is 235 g/mol. The van der Waals surface area contributed by atoms with E-state index in [0.717, 1.165) is 24.6 Å². The lowest BCUT2D eigenvalue weighted by Crippen LogP contribution is -2.26. The first-order chi connectivity index (χ1) is 8.29. The van der Waals surface area contributed by atoms with E-state index in [-0.39, 0.29) is 5.82 Å². The zero-order valence-corrected chi connectivity index (χ0v) is 10.6. The van der Waals surface area contributed by atoms with E-state index in [2.05, 4.69) is 12.2 Å². The maximum atomic E-state index is 13.6. The molecule has 1 fully saturated rings. The molecule has 0 aliphatic heterocycles. The van der Waals surface area contributed by atoms with Gasteiger partial charge in [0.15, 0.2) is 0 Å². The monoisotopic (exact) mass is 235 g/mol. The van der Waals surface area contributed by atoms with Gasteiger partial charge in [-0.1, -0.05) is 31.5 Å². The molecular weight excluding hydrogens is 213 g/mol. The van der Waals surface area contributed by atoms with Crippen molar-refractivity contribution in [2.24, 2.45) is 5.92 Å². The van der Waals surface area contributed by atoms with Crippen LogP contribution in [0.1, 0.15) is 38.2 Å². The van der Waals surface area contributed by atoms with Crippen molar-refractivity contribution in [3.63, 3.8) is 0 Å². The van der Waals surface area contributed by atoms with Crippen molar-refractivity contribution >= 4 is 0 Å². The summed E-state index contributed by atoms with van der Waals surface area (Å²) in [7, 11) is 0. The van der Waals surface area contributed by atoms with Gasteiger partial charge in [0.05, 0.1) is 0 Å². The minimum Gasteiger partial charge on any atom is -0.314 e. The van der Waals surface area contributed by atoms with E-state index >= 15 is 0 Å². The predicted molar refractivity (Wildman–Crippen MR) is 69.5 cm³/mol. The highest BCUT2D eigenvalue weighted by atomic mass is 19.1. The molecule has 2 heteroatoms. The van der Waals surface area contributed by atoms with Gasteiger partial charge >= 0.3 is 0 Å². The van der Waals surface area contributed by atoms with Crippen LogP contribution in [0.15, 0.2) is 24.3 Å². The summed E-state index contributed by atoms with van der Waals surface area (Å²) in [6, 6.07) is 7.91. The number of hydrogen-bond donors (Lipinski definition) is 1. The molecule has 0 saturated heterocycles. The Kier molecular flexibility index (Phi) is 4.55. The van der Waals surface area contributed by atoms with E-state index in [1.807, 2.05) is 12.1 Å². The number of benzene rings is 1. The van der Waals surface area contributed by atoms with Crippen LogP contribution in [0.3, 0.4) is 0 Å². The third-order valence-electron chi connectivity index (χ3n) is 3.44. The SMILES string of the molecule is CCCC(CNC1CC1)Cc1ccccc1F. The van der Waals surface area contributed by atoms with Crippen LogP contribution in [0, 0.1) is 11.7 Å². The third kappa shape index (κ3) is 4.12. The molecule has 0 heterocycles. The van der Waals surface area contributed by atoms with Gasteiger partial charge in [0.25, 0.3) is 0 Å². The van der Waals surface area contributed by atoms with Gasteiger partial charge in [-0.2, -0.15) is 0 Å². The molecular formula is C15H22FN. The van der Waals surface area contributed by atoms with Gasteiger partial charge in [0, 0.05) is 6.04 Å². The van der Waals surface area contributed by atoms with Crippen LogP contribution in [0.2, 0.25) is 0 Å². The van der Waals surface area contributed by atoms with Gasteiger partial charge < -0.3 is 5.32 Å². The Morgan fingerprint density at radius 1 is 1.35 bits per heavy atom. The summed E-state index contributed by atoms with van der Waals surface area (Å²) in [5.41, 5.74) is 0.864. The second-order valence-corrected chi connectivity index (χ2v) is 5.13. The molecule has 94 valence electrons. The van der Waals surface area contributed by atoms with E-state index in [4.69, 9.17) is 0 Å². The van der Waals surface area contributed by atoms with Crippen LogP contribution in [0.4, 0.5) is 4.39 Å². The van der Waals surface area contributed by atoms with Gasteiger partial charge in [0.1, 0.15) is 5.82 Å². The fourth-order valence-corrected chi connectivity index (χ4v) is 2.28. The highest BCUT2D eigenvalue weighted by Crippen LogP contribution is 2.21. The van der Waals surface area contributed by atoms with Crippen LogP contribution in [-0.2, 0) is 6.42 Å². The molecule has 1 atom stereocenters. The molecule has 0 spiro atoms. The van der Waals surface area contributed by atoms with Gasteiger partial charge in [0.2, 0.25) is 0 Å². The standard InChI is InChI=1S/C15H22FN/c1-2-5-12(11-17-14-8-9-14)10-13-6-3-4-7-15(13)16/h3-4,6-7,12,14,17H,2,5,8-11H2,1H3. The summed E-state index contributed by atoms with van der Waals surface area (Å²) < 4.78 is 13.6. The lowest BCUT2D eigenvalue weighted by molar-refractivity contribution is 0.430. The molecule has 2 rings (SSSR count). The molecule has 1 unspecified atom stereocenters. The topological polar surface area (TPSA) is 12.0 Å². The lowest BCUT2D eigenvalue weighted by Gasteiger charge is -2.17. The molecule has 1 aromatic carbocycles. The molecule has 1 aromatic rings. The Morgan fingerprint density at radius 3 is 2.76 bits per heavy atom. The molecule has 1 aliphatic carbocycles. The van der Waals surface area contributed by atoms with Crippen molar-refractivity contribution in [3.05, 3.63) is 35.6 Å². The average Bonchev–Trinajstić information content (AvgIpc) is 3.13. The zero-order valence-electron chi connectivity index (χ0n) is 10.6. The van der Waals surface area contributed by atoms with Crippen molar-refractivity contribution in [2.45, 2.75) is 45.1 Å². The summed E-state index contributed by atoms with van der Waals surface area (Å²) >= 11 is 0. The fourth-order valence-electron chi connectivity index (χ4n) is 2.28. The first kappa shape index (κ1) is 12.6. The first-order valence-electron chi connectivity index (χ1n) is 6.76. The molecule has 1 nitrogen and oxygen atoms in total. The minimum atomic E-state index is -0.0555. The Bertz CT molecular complexity index is 347. The summed E-state index contributed by atoms with van der Waals surface area (Å²) in [6.45, 7) is 3.23. The highest BCUT2D eigenvalue weighted by molar-refractivity contribution is 5.17. The Morgan fingerprint density at radius 2 is 2.12 bits per heavy atom. The lowest BCUT2D eigenvalue weighted by atomic mass is 9.94. The molecule has 0 bridgehead atoms. The molecule has 1 aliphatic rings. The Hall–Kier alpha value is -0.890. The van der Waals surface area contributed by atoms with Gasteiger partial charge in [-0.05, 0) is 49.8 Å². The largest absolute Gasteiger partial charge is 0.314 e. The summed E-state index contributed by atoms with van der Waals surface area (Å²) in [5, 5.41) is 3.56. The predicted octanol–water partition coefficient (Wildman–Crippen LogP) is 3.54. The van der Waals surface area contributed by atoms with Crippen molar-refractivity contribution in [2.75, 3.05) is 6.54 Å². The van der Waals surface area contributed by atoms with Gasteiger partial charge in [-0.25, -0.2) is 4.39 Å². The molecule has 0 amide bonds. The second kappa shape index (κ2) is 6.15. The van der Waals surface area contributed by atoms with Gasteiger partial charge in [-0.15, -0.1) is 0 Å². The van der Waals surface area contributed by atoms with E-state index in [9.17, 15) is 4.39 Å². The van der Waals surface area contributed by atoms with E-state index in [1.54, 1.807) is 12.1 Å². The number of nitrogens with one attached hydrogen (secondary N) is 1. The van der Waals surface area contributed by atoms with Crippen LogP contribution < -0.4 is 5.32 Å². The second-order valence-electron chi connectivity index (χ2n) is 5.13. The summed E-state index contributed by atoms with van der Waals surface area (Å²) in [5.74, 6) is 0.512. The zero-order chi connectivity index (χ0) is 12.1. The molecule has 1 N–H and O–H groups in total. The van der Waals surface area contributed by atoms with Crippen LogP contribution >= 0.6 is 0 Å². The fraction of sp³-hybridized carbons (Fsp3) is 0.600. The number of hydrogen-bond acceptors (Lipinski definition) is 1. The van der Waals surface area contributed by atoms with Crippen molar-refractivity contribution < 1.29 is 4.39 Å². The summed E-state index contributed by atoms with van der Waals surface area (Å²) in [6.07, 6.45) is 5.84. The first-order valence-corrected chi connectivity index (χ1v) is 6.76. The molecule has 0 radical (unpaired) electrons. The maximum Gasteiger partial charge on any atom is 0.126 e. The molecule has 1 saturated carbocycles. The van der Waals surface area contributed by atoms with Gasteiger partial charge in [-0.3, -0.25) is 0 Å². The third-order valence-corrected chi connectivity index (χ3v) is 3.44. The maximum absolute atomic E-state index is 13.6. The Labute approximate surface area is 103 Å². The van der Waals surface area contributed by atoms with E-state index < -0.39 is 0 Å². The number of halogens is 1. The normalized spacial score (nSPS) is 17.1. The minimum absolute atomic E-state index is 0.0555. The van der Waals surface area contributed by atoms with Crippen molar-refractivity contribution in [1.29, 1.82) is 0 Å². The quantitative estimate of drug-likeness (QED) is 0.762. The molecule has 0 aromatic heterocycles. The van der Waals surface area contributed by atoms with Crippen LogP contribution in [0.5, 0.6) is 0 Å². The van der Waals surface area contributed by atoms with Crippen LogP contribution in [0.25, 0.3) is 0 Å². The number of rotatable bonds is 7. The summed E-state index contributed by atoms with van der Waals surface area (Å²) in [4.78, 5) is 0. The van der Waals surface area contributed by atoms with Crippen molar-refractivity contribution in [3.8, 4) is 0 Å². The van der Waals surface area contributed by atoms with E-state index in [1.165, 1.54) is 25.7 Å². The highest BCUT2D eigenvalue weighted by Gasteiger charge is 2.22. The van der Waals surface area contributed by atoms with Crippen molar-refractivity contribution in [1.82, 2.24) is 5.32 Å². The Balaban J connectivity index is 1.88. The smallest absolute Gasteiger partial charge is 0.126 e. The van der Waals surface area contributed by atoms with Crippen LogP contribution in [-0.4, -0.2) is 12.6 Å².